The lowest BCUT2D eigenvalue weighted by molar-refractivity contribution is -0.823. The van der Waals surface area contributed by atoms with E-state index in [9.17, 15) is 0 Å². The van der Waals surface area contributed by atoms with Gasteiger partial charge in [-0.05, 0) is 0 Å². The highest BCUT2D eigenvalue weighted by Crippen LogP contribution is 2.08. The fourth-order valence-corrected chi connectivity index (χ4v) is 0.374. The van der Waals surface area contributed by atoms with E-state index in [4.69, 9.17) is 0 Å². The van der Waals surface area contributed by atoms with E-state index in [2.05, 4.69) is 12.5 Å². The summed E-state index contributed by atoms with van der Waals surface area (Å²) in [5.74, 6) is 0. The van der Waals surface area contributed by atoms with Gasteiger partial charge in [-0.15, -0.1) is 0 Å². The number of nitrogens with zero attached hydrogens (tertiary/aromatic N) is 1. The number of hydrogen-bond acceptors (Lipinski definition) is 1. The van der Waals surface area contributed by atoms with Crippen LogP contribution < -0.4 is 5.43 Å². The molecule has 0 spiro atoms. The summed E-state index contributed by atoms with van der Waals surface area (Å²) in [5.41, 5.74) is 3.15. The normalized spacial score (nSPS) is 27.0. The molecule has 0 saturated carbocycles. The molecule has 1 heterocycles. The first-order valence-corrected chi connectivity index (χ1v) is 2.30. The van der Waals surface area contributed by atoms with Crippen LogP contribution in [0.5, 0.6) is 0 Å². The third-order valence-electron chi connectivity index (χ3n) is 1.43. The lowest BCUT2D eigenvalue weighted by Gasteiger charge is -2.05. The van der Waals surface area contributed by atoms with Crippen LogP contribution in [0, 0.1) is 0 Å². The quantitative estimate of drug-likeness (QED) is 0.338. The lowest BCUT2D eigenvalue weighted by atomic mass is 11.0. The van der Waals surface area contributed by atoms with Crippen molar-refractivity contribution in [3.8, 4) is 0 Å². The molecular formula is C4H11N2+. The Kier molecular flexibility index (Phi) is 0.648. The zero-order valence-electron chi connectivity index (χ0n) is 4.36. The number of rotatable bonds is 1. The van der Waals surface area contributed by atoms with Gasteiger partial charge in [0.1, 0.15) is 13.1 Å². The van der Waals surface area contributed by atoms with Gasteiger partial charge in [-0.2, -0.15) is 5.43 Å². The molecular weight excluding hydrogens is 76.1 g/mol. The number of nitrogens with one attached hydrogen (secondary N) is 1. The molecule has 1 aliphatic rings. The van der Waals surface area contributed by atoms with Crippen molar-refractivity contribution in [2.75, 3.05) is 27.2 Å². The van der Waals surface area contributed by atoms with E-state index in [0.717, 1.165) is 4.59 Å². The minimum Gasteiger partial charge on any atom is -0.239 e. The Morgan fingerprint density at radius 3 is 2.00 bits per heavy atom. The zero-order chi connectivity index (χ0) is 4.62. The topological polar surface area (TPSA) is 12.0 Å². The summed E-state index contributed by atoms with van der Waals surface area (Å²) in [4.78, 5) is 0. The molecule has 0 radical (unpaired) electrons. The van der Waals surface area contributed by atoms with Gasteiger partial charge in [0, 0.05) is 7.05 Å². The van der Waals surface area contributed by atoms with E-state index >= 15 is 0 Å². The molecule has 0 aliphatic carbocycles. The summed E-state index contributed by atoms with van der Waals surface area (Å²) in [5, 5.41) is 0. The molecule has 0 aromatic carbocycles. The van der Waals surface area contributed by atoms with Crippen LogP contribution in [0.2, 0.25) is 0 Å². The van der Waals surface area contributed by atoms with Crippen molar-refractivity contribution in [2.24, 2.45) is 0 Å². The van der Waals surface area contributed by atoms with E-state index in [1.165, 1.54) is 13.1 Å². The molecule has 6 heavy (non-hydrogen) atoms. The van der Waals surface area contributed by atoms with E-state index in [1.807, 2.05) is 7.05 Å². The van der Waals surface area contributed by atoms with Crippen molar-refractivity contribution >= 4 is 0 Å². The Morgan fingerprint density at radius 2 is 2.00 bits per heavy atom. The predicted octanol–water partition coefficient (Wildman–Crippen LogP) is -0.419. The first-order chi connectivity index (χ1) is 2.77. The Morgan fingerprint density at radius 1 is 1.50 bits per heavy atom. The molecule has 1 saturated heterocycles. The molecule has 1 aliphatic heterocycles. The van der Waals surface area contributed by atoms with Crippen molar-refractivity contribution < 1.29 is 4.59 Å². The van der Waals surface area contributed by atoms with Crippen molar-refractivity contribution in [1.29, 1.82) is 0 Å². The first-order valence-electron chi connectivity index (χ1n) is 2.30. The van der Waals surface area contributed by atoms with Crippen molar-refractivity contribution in [2.45, 2.75) is 0 Å². The standard InChI is InChI=1S/C4H11N2/c1-5-6(2)3-4-6/h5H,3-4H2,1-2H3/q+1. The van der Waals surface area contributed by atoms with Crippen LogP contribution in [0.4, 0.5) is 0 Å². The van der Waals surface area contributed by atoms with Crippen LogP contribution in [0.1, 0.15) is 0 Å². The van der Waals surface area contributed by atoms with Gasteiger partial charge >= 0.3 is 0 Å². The van der Waals surface area contributed by atoms with Gasteiger partial charge < -0.3 is 0 Å². The maximum Gasteiger partial charge on any atom is 0.148 e. The summed E-state index contributed by atoms with van der Waals surface area (Å²) in [6.45, 7) is 2.60. The van der Waals surface area contributed by atoms with Gasteiger partial charge in [0.2, 0.25) is 0 Å². The minimum atomic E-state index is 1.07. The summed E-state index contributed by atoms with van der Waals surface area (Å²) in [7, 11) is 4.17. The van der Waals surface area contributed by atoms with Gasteiger partial charge in [-0.3, -0.25) is 0 Å². The van der Waals surface area contributed by atoms with Crippen molar-refractivity contribution in [1.82, 2.24) is 5.43 Å². The highest BCUT2D eigenvalue weighted by Gasteiger charge is 2.35. The molecule has 0 amide bonds. The maximum atomic E-state index is 3.15. The van der Waals surface area contributed by atoms with Gasteiger partial charge in [0.05, 0.1) is 7.05 Å². The lowest BCUT2D eigenvalue weighted by Crippen LogP contribution is -2.32. The molecule has 0 atom stereocenters. The van der Waals surface area contributed by atoms with Crippen LogP contribution in [-0.4, -0.2) is 31.8 Å². The second-order valence-corrected chi connectivity index (χ2v) is 2.07. The molecule has 0 bridgehead atoms. The Labute approximate surface area is 38.3 Å². The van der Waals surface area contributed by atoms with E-state index in [1.54, 1.807) is 0 Å². The van der Waals surface area contributed by atoms with E-state index in [-0.39, 0.29) is 0 Å². The highest BCUT2D eigenvalue weighted by atomic mass is 15.7. The fraction of sp³-hybridized carbons (Fsp3) is 1.00. The molecule has 36 valence electrons. The SMILES string of the molecule is CN[N+]1(C)CC1. The van der Waals surface area contributed by atoms with Gasteiger partial charge in [-0.1, -0.05) is 0 Å². The fourth-order valence-electron chi connectivity index (χ4n) is 0.374. The average molecular weight is 87.1 g/mol. The Hall–Kier alpha value is -0.0800. The van der Waals surface area contributed by atoms with Crippen LogP contribution in [0.25, 0.3) is 0 Å². The molecule has 2 heteroatoms. The van der Waals surface area contributed by atoms with Crippen LogP contribution in [0.15, 0.2) is 0 Å². The number of likely N-dealkylation sites (N-methyl/N-ethyl adjacent to an activating group) is 1. The van der Waals surface area contributed by atoms with Crippen LogP contribution in [-0.2, 0) is 0 Å². The van der Waals surface area contributed by atoms with E-state index in [0.29, 0.717) is 0 Å². The summed E-state index contributed by atoms with van der Waals surface area (Å²) in [6, 6.07) is 0. The summed E-state index contributed by atoms with van der Waals surface area (Å²) >= 11 is 0. The summed E-state index contributed by atoms with van der Waals surface area (Å²) in [6.07, 6.45) is 0. The summed E-state index contributed by atoms with van der Waals surface area (Å²) < 4.78 is 1.07. The highest BCUT2D eigenvalue weighted by molar-refractivity contribution is 4.43. The maximum absolute atomic E-state index is 3.15. The van der Waals surface area contributed by atoms with Gasteiger partial charge in [0.25, 0.3) is 0 Å². The average Bonchev–Trinajstić information content (AvgIpc) is 2.22. The molecule has 2 nitrogen and oxygen atoms in total. The minimum absolute atomic E-state index is 1.07. The Bertz CT molecular complexity index is 56.6. The second-order valence-electron chi connectivity index (χ2n) is 2.07. The van der Waals surface area contributed by atoms with Crippen molar-refractivity contribution in [3.63, 3.8) is 0 Å². The van der Waals surface area contributed by atoms with Gasteiger partial charge in [-0.25, -0.2) is 4.59 Å². The zero-order valence-corrected chi connectivity index (χ0v) is 4.36. The van der Waals surface area contributed by atoms with E-state index < -0.39 is 0 Å². The molecule has 0 aromatic rings. The third-order valence-corrected chi connectivity index (χ3v) is 1.43. The number of hydrogen-bond donors (Lipinski definition) is 1. The largest absolute Gasteiger partial charge is 0.239 e. The monoisotopic (exact) mass is 87.1 g/mol. The van der Waals surface area contributed by atoms with Gasteiger partial charge in [0.15, 0.2) is 0 Å². The third kappa shape index (κ3) is 0.533. The Balaban J connectivity index is 2.28. The van der Waals surface area contributed by atoms with Crippen LogP contribution >= 0.6 is 0 Å². The second kappa shape index (κ2) is 0.950. The molecule has 1 fully saturated rings. The molecule has 1 N–H and O–H groups in total. The number of quaternary nitrogens is 1. The predicted molar refractivity (Wildman–Crippen MR) is 25.0 cm³/mol. The molecule has 1 rings (SSSR count). The molecule has 0 unspecified atom stereocenters. The smallest absolute Gasteiger partial charge is 0.148 e. The first kappa shape index (κ1) is 4.09. The van der Waals surface area contributed by atoms with Crippen molar-refractivity contribution in [3.05, 3.63) is 0 Å². The molecule has 0 aromatic heterocycles. The van der Waals surface area contributed by atoms with Crippen LogP contribution in [0.3, 0.4) is 0 Å².